The van der Waals surface area contributed by atoms with E-state index in [1.54, 1.807) is 12.1 Å². The van der Waals surface area contributed by atoms with Crippen molar-refractivity contribution in [1.29, 1.82) is 0 Å². The van der Waals surface area contributed by atoms with E-state index < -0.39 is 0 Å². The lowest BCUT2D eigenvalue weighted by molar-refractivity contribution is -0.115. The summed E-state index contributed by atoms with van der Waals surface area (Å²) in [6.45, 7) is 3.55. The standard InChI is InChI=1S/C29H27N3O2S2/c1-3-27(28(34)30-25-16-13-21-7-4-5-8-22(21)17-25)36-26-10-6-9-24(18-26)32-29(35)31-23-14-11-20(12-15-23)19(2)33/h4-18,27H,3H2,1-2H3,(H,30,34)(H2,31,32,35). The van der Waals surface area contributed by atoms with Gasteiger partial charge in [-0.25, -0.2) is 0 Å². The maximum Gasteiger partial charge on any atom is 0.237 e. The van der Waals surface area contributed by atoms with Crippen molar-refractivity contribution in [3.8, 4) is 0 Å². The molecule has 0 radical (unpaired) electrons. The van der Waals surface area contributed by atoms with Gasteiger partial charge in [-0.3, -0.25) is 9.59 Å². The lowest BCUT2D eigenvalue weighted by atomic mass is 10.1. The van der Waals surface area contributed by atoms with Crippen molar-refractivity contribution >= 4 is 68.6 Å². The van der Waals surface area contributed by atoms with Crippen LogP contribution >= 0.6 is 24.0 Å². The molecule has 0 heterocycles. The summed E-state index contributed by atoms with van der Waals surface area (Å²) in [6, 6.07) is 29.0. The monoisotopic (exact) mass is 513 g/mol. The molecule has 0 aliphatic heterocycles. The molecule has 1 unspecified atom stereocenters. The second kappa shape index (κ2) is 11.8. The zero-order valence-corrected chi connectivity index (χ0v) is 21.7. The van der Waals surface area contributed by atoms with E-state index in [2.05, 4.69) is 22.0 Å². The quantitative estimate of drug-likeness (QED) is 0.130. The Bertz CT molecular complexity index is 1400. The van der Waals surface area contributed by atoms with E-state index in [-0.39, 0.29) is 16.9 Å². The number of hydrogen-bond acceptors (Lipinski definition) is 4. The molecular weight excluding hydrogens is 486 g/mol. The van der Waals surface area contributed by atoms with Crippen LogP contribution in [0.3, 0.4) is 0 Å². The minimum Gasteiger partial charge on any atom is -0.332 e. The molecule has 0 saturated heterocycles. The molecule has 1 atom stereocenters. The fourth-order valence-electron chi connectivity index (χ4n) is 3.71. The van der Waals surface area contributed by atoms with E-state index in [0.717, 1.165) is 32.7 Å². The van der Waals surface area contributed by atoms with E-state index >= 15 is 0 Å². The molecule has 0 aliphatic carbocycles. The first-order chi connectivity index (χ1) is 17.4. The minimum atomic E-state index is -0.239. The van der Waals surface area contributed by atoms with Crippen LogP contribution < -0.4 is 16.0 Å². The first-order valence-corrected chi connectivity index (χ1v) is 13.0. The van der Waals surface area contributed by atoms with E-state index in [9.17, 15) is 9.59 Å². The van der Waals surface area contributed by atoms with Crippen LogP contribution in [0.4, 0.5) is 17.1 Å². The average Bonchev–Trinajstić information content (AvgIpc) is 2.87. The number of amides is 1. The van der Waals surface area contributed by atoms with Gasteiger partial charge in [0, 0.05) is 27.5 Å². The smallest absolute Gasteiger partial charge is 0.237 e. The molecule has 182 valence electrons. The van der Waals surface area contributed by atoms with E-state index in [0.29, 0.717) is 17.1 Å². The minimum absolute atomic E-state index is 0.0212. The molecule has 0 bridgehead atoms. The maximum absolute atomic E-state index is 13.0. The zero-order valence-electron chi connectivity index (χ0n) is 20.1. The summed E-state index contributed by atoms with van der Waals surface area (Å²) in [4.78, 5) is 25.4. The third kappa shape index (κ3) is 6.71. The van der Waals surface area contributed by atoms with Crippen LogP contribution in [-0.2, 0) is 4.79 Å². The molecule has 4 aromatic rings. The highest BCUT2D eigenvalue weighted by molar-refractivity contribution is 8.00. The Morgan fingerprint density at radius 2 is 1.44 bits per heavy atom. The number of anilines is 3. The van der Waals surface area contributed by atoms with Gasteiger partial charge in [-0.1, -0.05) is 43.3 Å². The van der Waals surface area contributed by atoms with E-state index in [1.165, 1.54) is 18.7 Å². The SMILES string of the molecule is CCC(Sc1cccc(NC(=S)Nc2ccc(C(C)=O)cc2)c1)C(=O)Nc1ccc2ccccc2c1. The van der Waals surface area contributed by atoms with Gasteiger partial charge >= 0.3 is 0 Å². The molecule has 0 spiro atoms. The van der Waals surface area contributed by atoms with Crippen molar-refractivity contribution < 1.29 is 9.59 Å². The van der Waals surface area contributed by atoms with Gasteiger partial charge in [0.05, 0.1) is 5.25 Å². The van der Waals surface area contributed by atoms with Crippen molar-refractivity contribution in [3.05, 3.63) is 96.6 Å². The Morgan fingerprint density at radius 1 is 0.778 bits per heavy atom. The highest BCUT2D eigenvalue weighted by atomic mass is 32.2. The maximum atomic E-state index is 13.0. The van der Waals surface area contributed by atoms with Gasteiger partial charge < -0.3 is 16.0 Å². The Hall–Kier alpha value is -3.68. The van der Waals surface area contributed by atoms with Gasteiger partial charge in [-0.15, -0.1) is 11.8 Å². The number of thiocarbonyl (C=S) groups is 1. The molecule has 4 rings (SSSR count). The topological polar surface area (TPSA) is 70.2 Å². The fourth-order valence-corrected chi connectivity index (χ4v) is 4.95. The van der Waals surface area contributed by atoms with Gasteiger partial charge in [0.2, 0.25) is 5.91 Å². The summed E-state index contributed by atoms with van der Waals surface area (Å²) in [5, 5.41) is 11.8. The molecule has 4 aromatic carbocycles. The molecular formula is C29H27N3O2S2. The van der Waals surface area contributed by atoms with Crippen LogP contribution in [0.1, 0.15) is 30.6 Å². The van der Waals surface area contributed by atoms with Crippen molar-refractivity contribution in [2.45, 2.75) is 30.4 Å². The average molecular weight is 514 g/mol. The molecule has 36 heavy (non-hydrogen) atoms. The van der Waals surface area contributed by atoms with Gasteiger partial charge in [-0.2, -0.15) is 0 Å². The van der Waals surface area contributed by atoms with Gasteiger partial charge in [-0.05, 0) is 90.9 Å². The normalized spacial score (nSPS) is 11.5. The van der Waals surface area contributed by atoms with Crippen molar-refractivity contribution in [2.75, 3.05) is 16.0 Å². The van der Waals surface area contributed by atoms with Gasteiger partial charge in [0.25, 0.3) is 0 Å². The highest BCUT2D eigenvalue weighted by Gasteiger charge is 2.18. The first-order valence-electron chi connectivity index (χ1n) is 11.7. The second-order valence-corrected chi connectivity index (χ2v) is 9.99. The fraction of sp³-hybridized carbons (Fsp3) is 0.138. The van der Waals surface area contributed by atoms with Crippen LogP contribution in [0, 0.1) is 0 Å². The Balaban J connectivity index is 1.37. The number of hydrogen-bond donors (Lipinski definition) is 3. The largest absolute Gasteiger partial charge is 0.332 e. The van der Waals surface area contributed by atoms with Crippen molar-refractivity contribution in [2.24, 2.45) is 0 Å². The van der Waals surface area contributed by atoms with Crippen molar-refractivity contribution in [1.82, 2.24) is 0 Å². The van der Waals surface area contributed by atoms with E-state index in [4.69, 9.17) is 12.2 Å². The van der Waals surface area contributed by atoms with Crippen LogP contribution in [0.5, 0.6) is 0 Å². The number of Topliss-reactive ketones (excluding diaryl/α,β-unsaturated/α-hetero) is 1. The molecule has 1 amide bonds. The highest BCUT2D eigenvalue weighted by Crippen LogP contribution is 2.29. The molecule has 0 saturated carbocycles. The Labute approximate surface area is 220 Å². The number of nitrogens with one attached hydrogen (secondary N) is 3. The summed E-state index contributed by atoms with van der Waals surface area (Å²) in [6.07, 6.45) is 0.692. The number of carbonyl (C=O) groups is 2. The lowest BCUT2D eigenvalue weighted by Crippen LogP contribution is -2.24. The second-order valence-electron chi connectivity index (χ2n) is 8.31. The molecule has 0 fully saturated rings. The molecule has 0 aliphatic rings. The summed E-state index contributed by atoms with van der Waals surface area (Å²) in [5.41, 5.74) is 3.06. The molecule has 0 aromatic heterocycles. The zero-order chi connectivity index (χ0) is 25.5. The van der Waals surface area contributed by atoms with Gasteiger partial charge in [0.1, 0.15) is 0 Å². The van der Waals surface area contributed by atoms with Crippen LogP contribution in [0.2, 0.25) is 0 Å². The number of rotatable bonds is 8. The van der Waals surface area contributed by atoms with Crippen molar-refractivity contribution in [3.63, 3.8) is 0 Å². The Kier molecular flexibility index (Phi) is 8.36. The number of benzene rings is 4. The predicted molar refractivity (Wildman–Crippen MR) is 155 cm³/mol. The Morgan fingerprint density at radius 3 is 2.17 bits per heavy atom. The third-order valence-corrected chi connectivity index (χ3v) is 7.16. The summed E-state index contributed by atoms with van der Waals surface area (Å²) >= 11 is 6.97. The van der Waals surface area contributed by atoms with Crippen LogP contribution in [-0.4, -0.2) is 22.1 Å². The molecule has 3 N–H and O–H groups in total. The third-order valence-electron chi connectivity index (χ3n) is 5.60. The number of fused-ring (bicyclic) bond motifs is 1. The number of ketones is 1. The number of carbonyl (C=O) groups excluding carboxylic acids is 2. The predicted octanol–water partition coefficient (Wildman–Crippen LogP) is 7.36. The summed E-state index contributed by atoms with van der Waals surface area (Å²) < 4.78 is 0. The summed E-state index contributed by atoms with van der Waals surface area (Å²) in [5.74, 6) is -0.00441. The van der Waals surface area contributed by atoms with Gasteiger partial charge in [0.15, 0.2) is 10.9 Å². The van der Waals surface area contributed by atoms with Crippen LogP contribution in [0.15, 0.2) is 95.9 Å². The number of thioether (sulfide) groups is 1. The van der Waals surface area contributed by atoms with Crippen LogP contribution in [0.25, 0.3) is 10.8 Å². The molecule has 7 heteroatoms. The molecule has 5 nitrogen and oxygen atoms in total. The first kappa shape index (κ1) is 25.4. The van der Waals surface area contributed by atoms with E-state index in [1.807, 2.05) is 79.7 Å². The lowest BCUT2D eigenvalue weighted by Gasteiger charge is -2.16. The summed E-state index contributed by atoms with van der Waals surface area (Å²) in [7, 11) is 0.